The molecule has 3 rings (SSSR count). The summed E-state index contributed by atoms with van der Waals surface area (Å²) in [5.74, 6) is 0.0710. The van der Waals surface area contributed by atoms with Crippen LogP contribution in [0.2, 0.25) is 0 Å². The van der Waals surface area contributed by atoms with E-state index in [1.165, 1.54) is 23.9 Å². The van der Waals surface area contributed by atoms with Crippen LogP contribution in [0.3, 0.4) is 0 Å². The molecule has 31 heavy (non-hydrogen) atoms. The minimum Gasteiger partial charge on any atom is -0.376 e. The summed E-state index contributed by atoms with van der Waals surface area (Å²) in [4.78, 5) is 20.6. The van der Waals surface area contributed by atoms with Gasteiger partial charge >= 0.3 is 0 Å². The fraction of sp³-hybridized carbons (Fsp3) is 0.286. The Morgan fingerprint density at radius 1 is 1.35 bits per heavy atom. The zero-order valence-corrected chi connectivity index (χ0v) is 19.1. The van der Waals surface area contributed by atoms with Gasteiger partial charge in [-0.1, -0.05) is 38.2 Å². The summed E-state index contributed by atoms with van der Waals surface area (Å²) in [5, 5.41) is 26.2. The highest BCUT2D eigenvalue weighted by molar-refractivity contribution is 8.03. The van der Waals surface area contributed by atoms with Gasteiger partial charge in [0.25, 0.3) is 11.9 Å². The molecule has 1 aromatic heterocycles. The number of nitro benzene ring substituents is 1. The summed E-state index contributed by atoms with van der Waals surface area (Å²) < 4.78 is -0.0494. The Hall–Kier alpha value is -2.66. The van der Waals surface area contributed by atoms with Crippen molar-refractivity contribution in [1.29, 1.82) is 0 Å². The van der Waals surface area contributed by atoms with Crippen LogP contribution in [0.25, 0.3) is 0 Å². The van der Waals surface area contributed by atoms with Gasteiger partial charge in [-0.2, -0.15) is 0 Å². The lowest BCUT2D eigenvalue weighted by molar-refractivity contribution is -0.839. The quantitative estimate of drug-likeness (QED) is 0.268. The van der Waals surface area contributed by atoms with E-state index in [9.17, 15) is 15.2 Å². The zero-order chi connectivity index (χ0) is 22.6. The molecule has 0 bridgehead atoms. The molecule has 2 atom stereocenters. The first-order valence-corrected chi connectivity index (χ1v) is 10.9. The smallest absolute Gasteiger partial charge is 0.270 e. The molecule has 162 valence electrons. The fourth-order valence-electron chi connectivity index (χ4n) is 3.30. The third-order valence-corrected chi connectivity index (χ3v) is 6.52. The third-order valence-electron chi connectivity index (χ3n) is 4.87. The second-order valence-electron chi connectivity index (χ2n) is 7.38. The van der Waals surface area contributed by atoms with Crippen LogP contribution in [-0.4, -0.2) is 44.1 Å². The molecular weight excluding hydrogens is 434 g/mol. The minimum absolute atomic E-state index is 0.00673. The number of likely N-dealkylation sites (N-methyl/N-ethyl adjacent to an activating group) is 1. The van der Waals surface area contributed by atoms with Crippen molar-refractivity contribution in [3.05, 3.63) is 75.2 Å². The molecule has 0 radical (unpaired) electrons. The van der Waals surface area contributed by atoms with E-state index in [0.29, 0.717) is 11.4 Å². The lowest BCUT2D eigenvalue weighted by Crippen LogP contribution is -2.56. The Morgan fingerprint density at radius 3 is 2.74 bits per heavy atom. The van der Waals surface area contributed by atoms with Crippen molar-refractivity contribution in [3.8, 4) is 0 Å². The number of nitro groups is 1. The molecular formula is C21H24N5O3S2+. The zero-order valence-electron chi connectivity index (χ0n) is 17.4. The largest absolute Gasteiger partial charge is 0.376 e. The molecule has 1 aliphatic rings. The van der Waals surface area contributed by atoms with Gasteiger partial charge in [0, 0.05) is 48.0 Å². The van der Waals surface area contributed by atoms with E-state index < -0.39 is 11.2 Å². The number of hydrogen-bond donors (Lipinski definition) is 2. The molecule has 10 heteroatoms. The third kappa shape index (κ3) is 4.82. The minimum atomic E-state index is -1.10. The topological polar surface area (TPSA) is 101 Å². The van der Waals surface area contributed by atoms with Crippen molar-refractivity contribution in [2.45, 2.75) is 31.5 Å². The molecule has 8 nitrogen and oxygen atoms in total. The summed E-state index contributed by atoms with van der Waals surface area (Å²) in [7, 11) is 1.67. The average molecular weight is 459 g/mol. The number of nitrogens with one attached hydrogen (secondary N) is 1. The Labute approximate surface area is 190 Å². The molecule has 0 saturated heterocycles. The molecule has 1 aromatic carbocycles. The van der Waals surface area contributed by atoms with Gasteiger partial charge in [0.2, 0.25) is 5.03 Å². The predicted molar refractivity (Wildman–Crippen MR) is 125 cm³/mol. The van der Waals surface area contributed by atoms with Crippen molar-refractivity contribution in [2.75, 3.05) is 7.05 Å². The van der Waals surface area contributed by atoms with E-state index in [4.69, 9.17) is 12.2 Å². The van der Waals surface area contributed by atoms with Gasteiger partial charge in [0.05, 0.1) is 4.92 Å². The molecule has 2 unspecified atom stereocenters. The van der Waals surface area contributed by atoms with Crippen LogP contribution in [0.4, 0.5) is 5.69 Å². The van der Waals surface area contributed by atoms with E-state index in [0.717, 1.165) is 16.3 Å². The second kappa shape index (κ2) is 9.65. The number of non-ortho nitro benzene ring substituents is 1. The molecule has 2 N–H and O–H groups in total. The van der Waals surface area contributed by atoms with Crippen LogP contribution in [0, 0.1) is 16.0 Å². The summed E-state index contributed by atoms with van der Waals surface area (Å²) in [5.41, 5.74) is 1.71. The number of aliphatic hydroxyl groups excluding tert-OH is 1. The lowest BCUT2D eigenvalue weighted by atomic mass is 10.1. The molecule has 0 saturated carbocycles. The highest BCUT2D eigenvalue weighted by Crippen LogP contribution is 2.44. The van der Waals surface area contributed by atoms with Crippen LogP contribution in [0.15, 0.2) is 69.4 Å². The second-order valence-corrected chi connectivity index (χ2v) is 8.89. The average Bonchev–Trinajstić information content (AvgIpc) is 3.12. The Balaban J connectivity index is 2.13. The first-order chi connectivity index (χ1) is 14.8. The number of aliphatic hydroxyl groups is 1. The monoisotopic (exact) mass is 458 g/mol. The Kier molecular flexibility index (Phi) is 7.16. The Bertz CT molecular complexity index is 1040. The molecule has 1 aliphatic heterocycles. The summed E-state index contributed by atoms with van der Waals surface area (Å²) in [6.07, 6.45) is 4.04. The van der Waals surface area contributed by atoms with Gasteiger partial charge in [-0.25, -0.2) is 9.48 Å². The summed E-state index contributed by atoms with van der Waals surface area (Å²) in [6, 6.07) is 10.2. The van der Waals surface area contributed by atoms with Gasteiger partial charge in [-0.15, -0.1) is 0 Å². The maximum atomic E-state index is 11.3. The maximum Gasteiger partial charge on any atom is 0.270 e. The SMILES string of the molecule is CNC(=S)C(O)[N+]1(Cc2cccnc2)C=NC(C(C)C)=C1Sc1cccc([N+](=O)[O-])c1. The highest BCUT2D eigenvalue weighted by Gasteiger charge is 2.48. The molecule has 2 heterocycles. The molecule has 0 spiro atoms. The number of nitrogens with zero attached hydrogens (tertiary/aromatic N) is 4. The number of hydrogen-bond acceptors (Lipinski definition) is 7. The van der Waals surface area contributed by atoms with Crippen LogP contribution < -0.4 is 5.32 Å². The molecule has 2 aromatic rings. The number of benzene rings is 1. The first kappa shape index (κ1) is 23.0. The molecule has 0 amide bonds. The van der Waals surface area contributed by atoms with Crippen molar-refractivity contribution in [2.24, 2.45) is 10.9 Å². The Morgan fingerprint density at radius 2 is 2.13 bits per heavy atom. The number of rotatable bonds is 8. The number of quaternary nitrogens is 1. The number of thioether (sulfide) groups is 1. The van der Waals surface area contributed by atoms with E-state index in [1.807, 2.05) is 32.0 Å². The lowest BCUT2D eigenvalue weighted by Gasteiger charge is -2.36. The number of pyridine rings is 1. The summed E-state index contributed by atoms with van der Waals surface area (Å²) in [6.45, 7) is 4.41. The number of allylic oxidation sites excluding steroid dienone is 1. The van der Waals surface area contributed by atoms with Crippen LogP contribution >= 0.6 is 24.0 Å². The van der Waals surface area contributed by atoms with Crippen LogP contribution in [0.5, 0.6) is 0 Å². The summed E-state index contributed by atoms with van der Waals surface area (Å²) >= 11 is 6.76. The number of aliphatic imine (C=N–C) groups is 1. The normalized spacial score (nSPS) is 19.0. The standard InChI is InChI=1S/C21H23N5O3S2/c1-14(2)18-21(31-17-8-4-7-16(10-17)25(28)29)26(13-24-18,20(27)19(30)22-3)12-15-6-5-9-23-11-15/h4-11,13-14,20,27H,12H2,1-3H3/p+1. The first-order valence-electron chi connectivity index (χ1n) is 9.66. The van der Waals surface area contributed by atoms with Gasteiger partial charge in [-0.3, -0.25) is 15.1 Å². The van der Waals surface area contributed by atoms with Crippen LogP contribution in [-0.2, 0) is 6.54 Å². The number of aromatic nitrogens is 1. The van der Waals surface area contributed by atoms with E-state index in [2.05, 4.69) is 15.3 Å². The van der Waals surface area contributed by atoms with Crippen molar-refractivity contribution >= 4 is 41.0 Å². The van der Waals surface area contributed by atoms with Crippen molar-refractivity contribution in [3.63, 3.8) is 0 Å². The van der Waals surface area contributed by atoms with Crippen molar-refractivity contribution < 1.29 is 14.5 Å². The molecule has 0 fully saturated rings. The van der Waals surface area contributed by atoms with Gasteiger partial charge in [0.1, 0.15) is 12.2 Å². The van der Waals surface area contributed by atoms with E-state index in [-0.39, 0.29) is 21.1 Å². The van der Waals surface area contributed by atoms with E-state index in [1.54, 1.807) is 31.8 Å². The predicted octanol–water partition coefficient (Wildman–Crippen LogP) is 3.83. The van der Waals surface area contributed by atoms with Crippen LogP contribution in [0.1, 0.15) is 19.4 Å². The molecule has 0 aliphatic carbocycles. The van der Waals surface area contributed by atoms with E-state index >= 15 is 0 Å². The van der Waals surface area contributed by atoms with Gasteiger partial charge in [0.15, 0.2) is 11.3 Å². The maximum absolute atomic E-state index is 11.3. The van der Waals surface area contributed by atoms with Gasteiger partial charge < -0.3 is 10.4 Å². The fourth-order valence-corrected chi connectivity index (χ4v) is 4.81. The number of thiocarbonyl (C=S) groups is 1. The van der Waals surface area contributed by atoms with Crippen molar-refractivity contribution in [1.82, 2.24) is 10.3 Å². The van der Waals surface area contributed by atoms with Gasteiger partial charge in [-0.05, 0) is 23.9 Å². The highest BCUT2D eigenvalue weighted by atomic mass is 32.2.